The van der Waals surface area contributed by atoms with E-state index < -0.39 is 0 Å². The third-order valence-electron chi connectivity index (χ3n) is 4.45. The summed E-state index contributed by atoms with van der Waals surface area (Å²) in [7, 11) is 0. The molecule has 138 valence electrons. The van der Waals surface area contributed by atoms with E-state index in [1.807, 2.05) is 44.2 Å². The average molecular weight is 353 g/mol. The quantitative estimate of drug-likeness (QED) is 0.709. The number of nitrogens with zero attached hydrogens (tertiary/aromatic N) is 1. The zero-order valence-corrected chi connectivity index (χ0v) is 15.6. The van der Waals surface area contributed by atoms with Crippen LogP contribution in [0.4, 0.5) is 0 Å². The van der Waals surface area contributed by atoms with Gasteiger partial charge in [-0.15, -0.1) is 0 Å². The molecule has 0 aromatic heterocycles. The normalized spacial score (nSPS) is 17.4. The minimum absolute atomic E-state index is 0.0237. The van der Waals surface area contributed by atoms with E-state index in [2.05, 4.69) is 29.2 Å². The summed E-state index contributed by atoms with van der Waals surface area (Å²) < 4.78 is 11.5. The van der Waals surface area contributed by atoms with Gasteiger partial charge in [-0.25, -0.2) is 0 Å². The van der Waals surface area contributed by atoms with Gasteiger partial charge in [-0.1, -0.05) is 48.5 Å². The van der Waals surface area contributed by atoms with Gasteiger partial charge in [-0.2, -0.15) is 0 Å². The lowest BCUT2D eigenvalue weighted by atomic mass is 10.1. The zero-order chi connectivity index (χ0) is 18.4. The Morgan fingerprint density at radius 2 is 1.85 bits per heavy atom. The van der Waals surface area contributed by atoms with Crippen molar-refractivity contribution in [2.45, 2.75) is 45.4 Å². The van der Waals surface area contributed by atoms with Gasteiger partial charge in [0.05, 0.1) is 12.5 Å². The van der Waals surface area contributed by atoms with Crippen LogP contribution in [0.15, 0.2) is 54.6 Å². The van der Waals surface area contributed by atoms with Crippen molar-refractivity contribution in [3.63, 3.8) is 0 Å². The molecule has 0 spiro atoms. The summed E-state index contributed by atoms with van der Waals surface area (Å²) in [6.45, 7) is 6.62. The smallest absolute Gasteiger partial charge is 0.310 e. The van der Waals surface area contributed by atoms with Crippen molar-refractivity contribution in [3.8, 4) is 5.75 Å². The predicted molar refractivity (Wildman–Crippen MR) is 102 cm³/mol. The highest BCUT2D eigenvalue weighted by Crippen LogP contribution is 2.22. The fourth-order valence-corrected chi connectivity index (χ4v) is 3.28. The number of likely N-dealkylation sites (tertiary alicyclic amines) is 1. The van der Waals surface area contributed by atoms with Crippen LogP contribution < -0.4 is 4.74 Å². The molecular weight excluding hydrogens is 326 g/mol. The molecule has 0 N–H and O–H groups in total. The Labute approximate surface area is 155 Å². The van der Waals surface area contributed by atoms with Gasteiger partial charge in [-0.3, -0.25) is 9.69 Å². The number of benzene rings is 2. The fraction of sp³-hybridized carbons (Fsp3) is 0.409. The minimum atomic E-state index is -0.184. The maximum absolute atomic E-state index is 12.4. The Bertz CT molecular complexity index is 714. The van der Waals surface area contributed by atoms with Gasteiger partial charge < -0.3 is 9.47 Å². The SMILES string of the molecule is CC(C)Oc1ccccc1CC(=O)O[C@@H]1CCN(Cc2ccccc2)C1. The molecule has 4 nitrogen and oxygen atoms in total. The van der Waals surface area contributed by atoms with Gasteiger partial charge >= 0.3 is 5.97 Å². The molecule has 3 rings (SSSR count). The van der Waals surface area contributed by atoms with E-state index in [4.69, 9.17) is 9.47 Å². The second kappa shape index (κ2) is 8.86. The van der Waals surface area contributed by atoms with Gasteiger partial charge in [0.25, 0.3) is 0 Å². The first-order valence-electron chi connectivity index (χ1n) is 9.30. The van der Waals surface area contributed by atoms with Gasteiger partial charge in [0.2, 0.25) is 0 Å². The van der Waals surface area contributed by atoms with Crippen LogP contribution in [0, 0.1) is 0 Å². The van der Waals surface area contributed by atoms with E-state index in [0.29, 0.717) is 0 Å². The first kappa shape index (κ1) is 18.5. The highest BCUT2D eigenvalue weighted by molar-refractivity contribution is 5.73. The van der Waals surface area contributed by atoms with Crippen LogP contribution in [0.25, 0.3) is 0 Å². The van der Waals surface area contributed by atoms with Crippen molar-refractivity contribution < 1.29 is 14.3 Å². The Hall–Kier alpha value is -2.33. The molecule has 0 saturated carbocycles. The molecule has 1 fully saturated rings. The Morgan fingerprint density at radius 3 is 2.62 bits per heavy atom. The van der Waals surface area contributed by atoms with Crippen LogP contribution in [0.1, 0.15) is 31.4 Å². The molecular formula is C22H27NO3. The van der Waals surface area contributed by atoms with E-state index in [1.165, 1.54) is 5.56 Å². The van der Waals surface area contributed by atoms with Gasteiger partial charge in [0.15, 0.2) is 0 Å². The van der Waals surface area contributed by atoms with Crippen molar-refractivity contribution in [1.82, 2.24) is 4.90 Å². The third kappa shape index (κ3) is 5.33. The fourth-order valence-electron chi connectivity index (χ4n) is 3.28. The van der Waals surface area contributed by atoms with Crippen molar-refractivity contribution in [3.05, 3.63) is 65.7 Å². The number of rotatable bonds is 7. The molecule has 1 saturated heterocycles. The Balaban J connectivity index is 1.50. The summed E-state index contributed by atoms with van der Waals surface area (Å²) in [5, 5.41) is 0. The predicted octanol–water partition coefficient (Wildman–Crippen LogP) is 3.83. The van der Waals surface area contributed by atoms with Gasteiger partial charge in [0, 0.05) is 25.2 Å². The standard InChI is InChI=1S/C22H27NO3/c1-17(2)25-21-11-7-6-10-19(21)14-22(24)26-20-12-13-23(16-20)15-18-8-4-3-5-9-18/h3-11,17,20H,12-16H2,1-2H3/t20-/m1/s1. The highest BCUT2D eigenvalue weighted by atomic mass is 16.5. The minimum Gasteiger partial charge on any atom is -0.491 e. The van der Waals surface area contributed by atoms with Crippen molar-refractivity contribution >= 4 is 5.97 Å². The summed E-state index contributed by atoms with van der Waals surface area (Å²) in [6, 6.07) is 18.1. The van der Waals surface area contributed by atoms with Crippen LogP contribution in [-0.4, -0.2) is 36.2 Å². The van der Waals surface area contributed by atoms with Crippen LogP contribution >= 0.6 is 0 Å². The van der Waals surface area contributed by atoms with Gasteiger partial charge in [0.1, 0.15) is 11.9 Å². The molecule has 0 aliphatic carbocycles. The second-order valence-corrected chi connectivity index (χ2v) is 7.07. The molecule has 4 heteroatoms. The summed E-state index contributed by atoms with van der Waals surface area (Å²) >= 11 is 0. The van der Waals surface area contributed by atoms with E-state index in [9.17, 15) is 4.79 Å². The highest BCUT2D eigenvalue weighted by Gasteiger charge is 2.26. The number of hydrogen-bond acceptors (Lipinski definition) is 4. The molecule has 1 atom stereocenters. The van der Waals surface area contributed by atoms with E-state index in [0.717, 1.165) is 37.4 Å². The first-order chi connectivity index (χ1) is 12.6. The van der Waals surface area contributed by atoms with Crippen LogP contribution in [0.5, 0.6) is 5.75 Å². The number of hydrogen-bond donors (Lipinski definition) is 0. The monoisotopic (exact) mass is 353 g/mol. The molecule has 2 aromatic carbocycles. The summed E-state index contributed by atoms with van der Waals surface area (Å²) in [4.78, 5) is 14.7. The lowest BCUT2D eigenvalue weighted by Crippen LogP contribution is -2.25. The van der Waals surface area contributed by atoms with E-state index in [-0.39, 0.29) is 24.6 Å². The van der Waals surface area contributed by atoms with Gasteiger partial charge in [-0.05, 0) is 31.9 Å². The molecule has 0 amide bonds. The molecule has 26 heavy (non-hydrogen) atoms. The number of carbonyl (C=O) groups is 1. The van der Waals surface area contributed by atoms with Crippen molar-refractivity contribution in [1.29, 1.82) is 0 Å². The molecule has 1 aliphatic heterocycles. The number of esters is 1. The molecule has 1 aliphatic rings. The lowest BCUT2D eigenvalue weighted by Gasteiger charge is -2.17. The number of carbonyl (C=O) groups excluding carboxylic acids is 1. The van der Waals surface area contributed by atoms with Crippen molar-refractivity contribution in [2.75, 3.05) is 13.1 Å². The van der Waals surface area contributed by atoms with Crippen molar-refractivity contribution in [2.24, 2.45) is 0 Å². The third-order valence-corrected chi connectivity index (χ3v) is 4.45. The molecule has 2 aromatic rings. The van der Waals surface area contributed by atoms with E-state index in [1.54, 1.807) is 0 Å². The second-order valence-electron chi connectivity index (χ2n) is 7.07. The number of para-hydroxylation sites is 1. The average Bonchev–Trinajstić information content (AvgIpc) is 3.04. The van der Waals surface area contributed by atoms with Crippen LogP contribution in [-0.2, 0) is 22.5 Å². The van der Waals surface area contributed by atoms with E-state index >= 15 is 0 Å². The summed E-state index contributed by atoms with van der Waals surface area (Å²) in [5.74, 6) is 0.577. The maximum atomic E-state index is 12.4. The Kier molecular flexibility index (Phi) is 6.29. The summed E-state index contributed by atoms with van der Waals surface area (Å²) in [6.07, 6.45) is 1.19. The van der Waals surface area contributed by atoms with Crippen LogP contribution in [0.2, 0.25) is 0 Å². The lowest BCUT2D eigenvalue weighted by molar-refractivity contribution is -0.147. The Morgan fingerprint density at radius 1 is 1.12 bits per heavy atom. The largest absolute Gasteiger partial charge is 0.491 e. The molecule has 0 radical (unpaired) electrons. The maximum Gasteiger partial charge on any atom is 0.310 e. The summed E-state index contributed by atoms with van der Waals surface area (Å²) in [5.41, 5.74) is 2.17. The topological polar surface area (TPSA) is 38.8 Å². The first-order valence-corrected chi connectivity index (χ1v) is 9.30. The zero-order valence-electron chi connectivity index (χ0n) is 15.6. The molecule has 0 unspecified atom stereocenters. The molecule has 0 bridgehead atoms. The van der Waals surface area contributed by atoms with Crippen LogP contribution in [0.3, 0.4) is 0 Å². The number of ether oxygens (including phenoxy) is 2. The molecule has 1 heterocycles.